The molecule has 0 saturated carbocycles. The lowest BCUT2D eigenvalue weighted by atomic mass is 9.80. The number of aryl methyl sites for hydroxylation is 2. The van der Waals surface area contributed by atoms with Gasteiger partial charge in [0.25, 0.3) is 0 Å². The van der Waals surface area contributed by atoms with Crippen LogP contribution in [-0.4, -0.2) is 0 Å². The fourth-order valence-electron chi connectivity index (χ4n) is 3.08. The third kappa shape index (κ3) is 2.17. The van der Waals surface area contributed by atoms with Crippen molar-refractivity contribution in [2.75, 3.05) is 0 Å². The Morgan fingerprint density at radius 1 is 1.30 bits per heavy atom. The topological polar surface area (TPSA) is 26.0 Å². The van der Waals surface area contributed by atoms with Gasteiger partial charge >= 0.3 is 0 Å². The van der Waals surface area contributed by atoms with Gasteiger partial charge in [0.1, 0.15) is 11.6 Å². The lowest BCUT2D eigenvalue weighted by Gasteiger charge is -2.29. The van der Waals surface area contributed by atoms with Gasteiger partial charge in [0.05, 0.1) is 0 Å². The number of rotatable bonds is 2. The number of nitrogens with two attached hydrogens (primary N) is 1. The van der Waals surface area contributed by atoms with Crippen molar-refractivity contribution in [2.45, 2.75) is 38.1 Å². The third-order valence-electron chi connectivity index (χ3n) is 4.18. The molecule has 4 heteroatoms. The zero-order valence-electron chi connectivity index (χ0n) is 11.3. The second-order valence-corrected chi connectivity index (χ2v) is 6.42. The molecule has 3 rings (SSSR count). The van der Waals surface area contributed by atoms with Gasteiger partial charge in [-0.2, -0.15) is 0 Å². The van der Waals surface area contributed by atoms with Crippen molar-refractivity contribution in [3.05, 3.63) is 56.8 Å². The molecular weight excluding hydrogens is 276 g/mol. The van der Waals surface area contributed by atoms with E-state index in [0.717, 1.165) is 19.3 Å². The van der Waals surface area contributed by atoms with Crippen molar-refractivity contribution in [3.63, 3.8) is 0 Å². The fourth-order valence-corrected chi connectivity index (χ4v) is 4.08. The van der Waals surface area contributed by atoms with Crippen molar-refractivity contribution >= 4 is 11.3 Å². The molecule has 2 N–H and O–H groups in total. The molecule has 0 amide bonds. The number of thiophene rings is 1. The van der Waals surface area contributed by atoms with Crippen LogP contribution in [0.3, 0.4) is 0 Å². The summed E-state index contributed by atoms with van der Waals surface area (Å²) < 4.78 is 28.3. The first-order chi connectivity index (χ1) is 9.59. The molecule has 1 aliphatic carbocycles. The van der Waals surface area contributed by atoms with Gasteiger partial charge in [-0.1, -0.05) is 6.07 Å². The van der Waals surface area contributed by atoms with E-state index in [0.29, 0.717) is 5.56 Å². The molecule has 0 radical (unpaired) electrons. The molecule has 0 spiro atoms. The van der Waals surface area contributed by atoms with Gasteiger partial charge in [-0.15, -0.1) is 11.3 Å². The van der Waals surface area contributed by atoms with E-state index in [1.165, 1.54) is 22.6 Å². The zero-order valence-corrected chi connectivity index (χ0v) is 12.1. The maximum absolute atomic E-state index is 14.3. The van der Waals surface area contributed by atoms with Gasteiger partial charge in [-0.05, 0) is 54.8 Å². The smallest absolute Gasteiger partial charge is 0.133 e. The van der Waals surface area contributed by atoms with Crippen molar-refractivity contribution in [3.8, 4) is 0 Å². The summed E-state index contributed by atoms with van der Waals surface area (Å²) >= 11 is 1.71. The highest BCUT2D eigenvalue weighted by Gasteiger charge is 2.31. The second-order valence-electron chi connectivity index (χ2n) is 5.42. The van der Waals surface area contributed by atoms with Crippen molar-refractivity contribution < 1.29 is 8.78 Å². The molecule has 2 atom stereocenters. The first-order valence-corrected chi connectivity index (χ1v) is 7.74. The highest BCUT2D eigenvalue weighted by Crippen LogP contribution is 2.42. The highest BCUT2D eigenvalue weighted by molar-refractivity contribution is 7.10. The summed E-state index contributed by atoms with van der Waals surface area (Å²) in [6.07, 6.45) is 2.97. The lowest BCUT2D eigenvalue weighted by Crippen LogP contribution is -2.25. The molecule has 106 valence electrons. The van der Waals surface area contributed by atoms with E-state index in [1.54, 1.807) is 18.3 Å². The summed E-state index contributed by atoms with van der Waals surface area (Å²) in [4.78, 5) is 1.31. The molecule has 1 aromatic carbocycles. The van der Waals surface area contributed by atoms with Crippen molar-refractivity contribution in [2.24, 2.45) is 5.73 Å². The minimum Gasteiger partial charge on any atom is -0.323 e. The molecule has 0 saturated heterocycles. The second kappa shape index (κ2) is 5.26. The van der Waals surface area contributed by atoms with Crippen molar-refractivity contribution in [1.29, 1.82) is 0 Å². The highest BCUT2D eigenvalue weighted by atomic mass is 32.1. The van der Waals surface area contributed by atoms with Gasteiger partial charge in [-0.25, -0.2) is 8.78 Å². The first kappa shape index (κ1) is 13.7. The summed E-state index contributed by atoms with van der Waals surface area (Å²) in [7, 11) is 0. The molecule has 0 bridgehead atoms. The van der Waals surface area contributed by atoms with Crippen LogP contribution in [0.1, 0.15) is 46.4 Å². The van der Waals surface area contributed by atoms with Crippen LogP contribution in [0.25, 0.3) is 0 Å². The fraction of sp³-hybridized carbons (Fsp3) is 0.375. The number of fused-ring (bicyclic) bond motifs is 1. The number of benzene rings is 1. The predicted molar refractivity (Wildman–Crippen MR) is 78.0 cm³/mol. The Morgan fingerprint density at radius 3 is 2.90 bits per heavy atom. The largest absolute Gasteiger partial charge is 0.323 e. The standard InChI is InChI=1S/C16H17F2NS/c1-9-5-6-12(17)14(15(9)18)16(19)11-3-2-4-13-10(11)7-8-20-13/h5-8,11,16H,2-4,19H2,1H3. The molecule has 1 aliphatic rings. The molecule has 1 nitrogen and oxygen atoms in total. The van der Waals surface area contributed by atoms with E-state index in [4.69, 9.17) is 5.73 Å². The molecular formula is C16H17F2NS. The number of hydrogen-bond acceptors (Lipinski definition) is 2. The van der Waals surface area contributed by atoms with E-state index in [9.17, 15) is 8.78 Å². The SMILES string of the molecule is Cc1ccc(F)c(C(N)C2CCCc3sccc32)c1F. The van der Waals surface area contributed by atoms with Gasteiger partial charge < -0.3 is 5.73 Å². The Hall–Kier alpha value is -1.26. The summed E-state index contributed by atoms with van der Waals surface area (Å²) in [5.41, 5.74) is 7.89. The first-order valence-electron chi connectivity index (χ1n) is 6.86. The molecule has 1 aromatic heterocycles. The summed E-state index contributed by atoms with van der Waals surface area (Å²) in [6.45, 7) is 1.64. The quantitative estimate of drug-likeness (QED) is 0.869. The normalized spacial score (nSPS) is 19.7. The summed E-state index contributed by atoms with van der Waals surface area (Å²) in [5, 5.41) is 2.04. The van der Waals surface area contributed by atoms with Gasteiger partial charge in [0.15, 0.2) is 0 Å². The minimum atomic E-state index is -0.622. The van der Waals surface area contributed by atoms with Crippen LogP contribution in [0.15, 0.2) is 23.6 Å². The molecule has 2 aromatic rings. The van der Waals surface area contributed by atoms with E-state index in [1.807, 2.05) is 5.38 Å². The Balaban J connectivity index is 2.03. The zero-order chi connectivity index (χ0) is 14.3. The number of halogens is 2. The van der Waals surface area contributed by atoms with Gasteiger partial charge in [0, 0.05) is 22.4 Å². The molecule has 2 unspecified atom stereocenters. The Morgan fingerprint density at radius 2 is 2.10 bits per heavy atom. The van der Waals surface area contributed by atoms with E-state index in [2.05, 4.69) is 6.07 Å². The predicted octanol–water partition coefficient (Wildman–Crippen LogP) is 4.45. The summed E-state index contributed by atoms with van der Waals surface area (Å²) in [5.74, 6) is -1.03. The average molecular weight is 293 g/mol. The van der Waals surface area contributed by atoms with E-state index in [-0.39, 0.29) is 11.5 Å². The minimum absolute atomic E-state index is 0.0100. The average Bonchev–Trinajstić information content (AvgIpc) is 2.91. The van der Waals surface area contributed by atoms with E-state index >= 15 is 0 Å². The van der Waals surface area contributed by atoms with Gasteiger partial charge in [-0.3, -0.25) is 0 Å². The maximum Gasteiger partial charge on any atom is 0.133 e. The molecule has 1 heterocycles. The van der Waals surface area contributed by atoms with Crippen LogP contribution in [0, 0.1) is 18.6 Å². The Kier molecular flexibility index (Phi) is 3.61. The lowest BCUT2D eigenvalue weighted by molar-refractivity contribution is 0.439. The van der Waals surface area contributed by atoms with Crippen LogP contribution in [0.4, 0.5) is 8.78 Å². The molecule has 20 heavy (non-hydrogen) atoms. The molecule has 0 aliphatic heterocycles. The monoisotopic (exact) mass is 293 g/mol. The Bertz CT molecular complexity index is 635. The van der Waals surface area contributed by atoms with Crippen LogP contribution in [-0.2, 0) is 6.42 Å². The third-order valence-corrected chi connectivity index (χ3v) is 5.18. The van der Waals surface area contributed by atoms with Crippen LogP contribution < -0.4 is 5.73 Å². The summed E-state index contributed by atoms with van der Waals surface area (Å²) in [6, 6.07) is 4.20. The van der Waals surface area contributed by atoms with Gasteiger partial charge in [0.2, 0.25) is 0 Å². The Labute approximate surface area is 121 Å². The van der Waals surface area contributed by atoms with Crippen molar-refractivity contribution in [1.82, 2.24) is 0 Å². The van der Waals surface area contributed by atoms with E-state index < -0.39 is 17.7 Å². The van der Waals surface area contributed by atoms with Crippen LogP contribution in [0.5, 0.6) is 0 Å². The molecule has 0 fully saturated rings. The number of hydrogen-bond donors (Lipinski definition) is 1. The van der Waals surface area contributed by atoms with Crippen LogP contribution >= 0.6 is 11.3 Å². The van der Waals surface area contributed by atoms with Crippen LogP contribution in [0.2, 0.25) is 0 Å². The maximum atomic E-state index is 14.3.